The molecule has 2 aliphatic heterocycles. The molecule has 1 aromatic carbocycles. The topological polar surface area (TPSA) is 63.7 Å². The van der Waals surface area contributed by atoms with E-state index in [2.05, 4.69) is 16.9 Å². The molecule has 27 heavy (non-hydrogen) atoms. The standard InChI is InChI=1S/C19H21FN4O3/c1-10-9-26-18-15-12(17-14(19(25)24(10)15)21-11(2)27-17)8-13(20)16(18)23-6-4-22(3)5-7-23/h8,10H,4-7,9H2,1-3H3/t10-/m0/s1. The van der Waals surface area contributed by atoms with Crippen LogP contribution in [0.3, 0.4) is 0 Å². The highest BCUT2D eigenvalue weighted by Gasteiger charge is 2.32. The first-order valence-corrected chi connectivity index (χ1v) is 9.20. The van der Waals surface area contributed by atoms with Gasteiger partial charge in [0, 0.05) is 33.1 Å². The van der Waals surface area contributed by atoms with Gasteiger partial charge < -0.3 is 19.0 Å². The fourth-order valence-electron chi connectivity index (χ4n) is 4.15. The molecule has 0 saturated carbocycles. The van der Waals surface area contributed by atoms with Crippen molar-refractivity contribution in [3.63, 3.8) is 0 Å². The zero-order valence-corrected chi connectivity index (χ0v) is 15.6. The first-order chi connectivity index (χ1) is 13.0. The van der Waals surface area contributed by atoms with E-state index in [1.54, 1.807) is 11.5 Å². The highest BCUT2D eigenvalue weighted by Crippen LogP contribution is 2.43. The third-order valence-corrected chi connectivity index (χ3v) is 5.55. The molecule has 0 N–H and O–H groups in total. The number of fused-ring (bicyclic) bond motifs is 2. The predicted molar refractivity (Wildman–Crippen MR) is 100 cm³/mol. The van der Waals surface area contributed by atoms with Gasteiger partial charge in [-0.3, -0.25) is 9.36 Å². The zero-order valence-electron chi connectivity index (χ0n) is 15.6. The molecule has 1 saturated heterocycles. The van der Waals surface area contributed by atoms with Crippen molar-refractivity contribution in [2.75, 3.05) is 44.7 Å². The summed E-state index contributed by atoms with van der Waals surface area (Å²) in [6, 6.07) is 1.29. The Morgan fingerprint density at radius 2 is 2.00 bits per heavy atom. The molecular weight excluding hydrogens is 351 g/mol. The van der Waals surface area contributed by atoms with E-state index in [0.717, 1.165) is 13.1 Å². The monoisotopic (exact) mass is 372 g/mol. The van der Waals surface area contributed by atoms with Crippen molar-refractivity contribution < 1.29 is 13.5 Å². The highest BCUT2D eigenvalue weighted by molar-refractivity contribution is 6.05. The number of likely N-dealkylation sites (N-methyl/N-ethyl adjacent to an activating group) is 1. The summed E-state index contributed by atoms with van der Waals surface area (Å²) in [6.07, 6.45) is 0. The van der Waals surface area contributed by atoms with E-state index in [9.17, 15) is 4.79 Å². The lowest BCUT2D eigenvalue weighted by molar-refractivity contribution is 0.243. The molecule has 7 nitrogen and oxygen atoms in total. The van der Waals surface area contributed by atoms with Crippen LogP contribution in [0.5, 0.6) is 5.75 Å². The minimum absolute atomic E-state index is 0.167. The Hall–Kier alpha value is -2.61. The summed E-state index contributed by atoms with van der Waals surface area (Å²) in [5, 5.41) is 0.530. The summed E-state index contributed by atoms with van der Waals surface area (Å²) < 4.78 is 28.6. The smallest absolute Gasteiger partial charge is 0.281 e. The average Bonchev–Trinajstić information content (AvgIpc) is 3.03. The highest BCUT2D eigenvalue weighted by atomic mass is 19.1. The minimum Gasteiger partial charge on any atom is -0.487 e. The Balaban J connectivity index is 1.87. The number of aryl methyl sites for hydroxylation is 1. The van der Waals surface area contributed by atoms with Crippen LogP contribution in [0, 0.1) is 12.7 Å². The quantitative estimate of drug-likeness (QED) is 0.653. The number of anilines is 1. The third-order valence-electron chi connectivity index (χ3n) is 5.55. The molecule has 5 rings (SSSR count). The van der Waals surface area contributed by atoms with Gasteiger partial charge in [0.05, 0.1) is 11.4 Å². The number of halogens is 1. The lowest BCUT2D eigenvalue weighted by atomic mass is 10.1. The van der Waals surface area contributed by atoms with Crippen LogP contribution in [0.25, 0.3) is 22.0 Å². The number of benzene rings is 1. The second kappa shape index (κ2) is 5.69. The van der Waals surface area contributed by atoms with Crippen LogP contribution in [-0.2, 0) is 0 Å². The normalized spacial score (nSPS) is 20.4. The fraction of sp³-hybridized carbons (Fsp3) is 0.474. The van der Waals surface area contributed by atoms with E-state index < -0.39 is 0 Å². The van der Waals surface area contributed by atoms with Crippen molar-refractivity contribution in [1.29, 1.82) is 0 Å². The van der Waals surface area contributed by atoms with Gasteiger partial charge in [-0.2, -0.15) is 0 Å². The fourth-order valence-corrected chi connectivity index (χ4v) is 4.15. The molecule has 1 fully saturated rings. The largest absolute Gasteiger partial charge is 0.487 e. The Labute approximate surface area is 154 Å². The van der Waals surface area contributed by atoms with E-state index >= 15 is 4.39 Å². The van der Waals surface area contributed by atoms with Crippen molar-refractivity contribution in [1.82, 2.24) is 14.5 Å². The van der Waals surface area contributed by atoms with Gasteiger partial charge in [0.25, 0.3) is 5.56 Å². The third kappa shape index (κ3) is 2.29. The Morgan fingerprint density at radius 1 is 1.26 bits per heavy atom. The van der Waals surface area contributed by atoms with Gasteiger partial charge in [0.1, 0.15) is 17.8 Å². The van der Waals surface area contributed by atoms with Crippen LogP contribution < -0.4 is 15.2 Å². The molecule has 142 valence electrons. The van der Waals surface area contributed by atoms with E-state index in [1.807, 2.05) is 11.8 Å². The van der Waals surface area contributed by atoms with E-state index in [4.69, 9.17) is 9.15 Å². The van der Waals surface area contributed by atoms with Crippen molar-refractivity contribution in [3.05, 3.63) is 28.1 Å². The van der Waals surface area contributed by atoms with Gasteiger partial charge in [-0.15, -0.1) is 0 Å². The summed E-state index contributed by atoms with van der Waals surface area (Å²) in [7, 11) is 2.05. The van der Waals surface area contributed by atoms with Gasteiger partial charge in [-0.1, -0.05) is 0 Å². The lowest BCUT2D eigenvalue weighted by Gasteiger charge is -2.36. The second-order valence-electron chi connectivity index (χ2n) is 7.47. The van der Waals surface area contributed by atoms with Crippen molar-refractivity contribution in [2.45, 2.75) is 19.9 Å². The molecule has 1 atom stereocenters. The number of aromatic nitrogens is 2. The maximum absolute atomic E-state index is 15.3. The van der Waals surface area contributed by atoms with Gasteiger partial charge in [-0.05, 0) is 20.0 Å². The molecule has 3 aromatic rings. The first-order valence-electron chi connectivity index (χ1n) is 9.20. The number of piperazine rings is 1. The molecule has 8 heteroatoms. The Bertz CT molecular complexity index is 1130. The summed E-state index contributed by atoms with van der Waals surface area (Å²) in [4.78, 5) is 21.5. The predicted octanol–water partition coefficient (Wildman–Crippen LogP) is 2.30. The first kappa shape index (κ1) is 16.6. The Kier molecular flexibility index (Phi) is 3.49. The number of hydrogen-bond donors (Lipinski definition) is 0. The zero-order chi connectivity index (χ0) is 18.9. The molecule has 4 heterocycles. The maximum Gasteiger partial charge on any atom is 0.281 e. The van der Waals surface area contributed by atoms with Gasteiger partial charge in [-0.25, -0.2) is 9.37 Å². The molecule has 0 bridgehead atoms. The average molecular weight is 372 g/mol. The van der Waals surface area contributed by atoms with Crippen molar-refractivity contribution in [3.8, 4) is 5.75 Å². The summed E-state index contributed by atoms with van der Waals surface area (Å²) >= 11 is 0. The molecule has 2 aliphatic rings. The molecule has 0 unspecified atom stereocenters. The van der Waals surface area contributed by atoms with Crippen LogP contribution in [-0.4, -0.2) is 54.3 Å². The molecule has 0 aliphatic carbocycles. The summed E-state index contributed by atoms with van der Waals surface area (Å²) in [6.45, 7) is 7.03. The minimum atomic E-state index is -0.364. The SMILES string of the molecule is Cc1nc2c(=O)n3c4c(c(N5CCN(C)CC5)c(F)cc4c2o1)OC[C@@H]3C. The Morgan fingerprint density at radius 3 is 2.74 bits per heavy atom. The van der Waals surface area contributed by atoms with E-state index in [-0.39, 0.29) is 22.9 Å². The van der Waals surface area contributed by atoms with Crippen molar-refractivity contribution >= 4 is 27.7 Å². The summed E-state index contributed by atoms with van der Waals surface area (Å²) in [5.41, 5.74) is 1.38. The van der Waals surface area contributed by atoms with Crippen LogP contribution in [0.15, 0.2) is 15.3 Å². The lowest BCUT2D eigenvalue weighted by Crippen LogP contribution is -2.45. The van der Waals surface area contributed by atoms with Crippen molar-refractivity contribution in [2.24, 2.45) is 0 Å². The molecule has 0 spiro atoms. The van der Waals surface area contributed by atoms with E-state index in [0.29, 0.717) is 53.5 Å². The number of oxazole rings is 1. The van der Waals surface area contributed by atoms with Gasteiger partial charge in [0.2, 0.25) is 0 Å². The van der Waals surface area contributed by atoms with E-state index in [1.165, 1.54) is 6.07 Å². The van der Waals surface area contributed by atoms with Crippen LogP contribution >= 0.6 is 0 Å². The number of ether oxygens (including phenoxy) is 1. The van der Waals surface area contributed by atoms with Gasteiger partial charge >= 0.3 is 0 Å². The number of nitrogens with zero attached hydrogens (tertiary/aromatic N) is 4. The molecular formula is C19H21FN4O3. The number of rotatable bonds is 1. The van der Waals surface area contributed by atoms with Crippen LogP contribution in [0.1, 0.15) is 18.9 Å². The molecule has 0 radical (unpaired) electrons. The number of pyridine rings is 1. The van der Waals surface area contributed by atoms with Gasteiger partial charge in [0.15, 0.2) is 28.6 Å². The van der Waals surface area contributed by atoms with Crippen LogP contribution in [0.4, 0.5) is 10.1 Å². The second-order valence-corrected chi connectivity index (χ2v) is 7.47. The molecule has 0 amide bonds. The molecule has 2 aromatic heterocycles. The van der Waals surface area contributed by atoms with Crippen LogP contribution in [0.2, 0.25) is 0 Å². The number of hydrogen-bond acceptors (Lipinski definition) is 6. The maximum atomic E-state index is 15.3. The summed E-state index contributed by atoms with van der Waals surface area (Å²) in [5.74, 6) is 0.455.